The maximum Gasteiger partial charge on any atom is 0.407 e. The van der Waals surface area contributed by atoms with Crippen molar-refractivity contribution >= 4 is 15.9 Å². The summed E-state index contributed by atoms with van der Waals surface area (Å²) < 4.78 is 29.2. The fourth-order valence-electron chi connectivity index (χ4n) is 1.53. The number of aromatic nitrogens is 2. The van der Waals surface area contributed by atoms with E-state index < -0.39 is 21.5 Å². The second-order valence-corrected chi connectivity index (χ2v) is 7.73. The highest BCUT2D eigenvalue weighted by Crippen LogP contribution is 2.09. The summed E-state index contributed by atoms with van der Waals surface area (Å²) in [6, 6.07) is 1.55. The Morgan fingerprint density at radius 1 is 1.33 bits per heavy atom. The SMILES string of the molecule is CC(CNC(=O)OC(C)(C)C)CS(=O)(=O)c1ncccn1. The van der Waals surface area contributed by atoms with Crippen LogP contribution in [0.25, 0.3) is 0 Å². The van der Waals surface area contributed by atoms with E-state index in [1.54, 1.807) is 33.8 Å². The van der Waals surface area contributed by atoms with Crippen LogP contribution in [-0.4, -0.2) is 42.4 Å². The minimum absolute atomic E-state index is 0.146. The molecule has 21 heavy (non-hydrogen) atoms. The van der Waals surface area contributed by atoms with Gasteiger partial charge < -0.3 is 10.1 Å². The number of alkyl carbamates (subject to hydrolysis) is 1. The minimum Gasteiger partial charge on any atom is -0.444 e. The summed E-state index contributed by atoms with van der Waals surface area (Å²) in [7, 11) is -3.56. The molecule has 1 amide bonds. The van der Waals surface area contributed by atoms with Gasteiger partial charge in [-0.1, -0.05) is 6.92 Å². The molecular weight excluding hydrogens is 294 g/mol. The van der Waals surface area contributed by atoms with Crippen LogP contribution in [0.4, 0.5) is 4.79 Å². The van der Waals surface area contributed by atoms with Crippen molar-refractivity contribution in [2.75, 3.05) is 12.3 Å². The highest BCUT2D eigenvalue weighted by atomic mass is 32.2. The lowest BCUT2D eigenvalue weighted by atomic mass is 10.2. The van der Waals surface area contributed by atoms with Crippen LogP contribution in [-0.2, 0) is 14.6 Å². The first-order valence-electron chi connectivity index (χ1n) is 6.57. The lowest BCUT2D eigenvalue weighted by Crippen LogP contribution is -2.36. The van der Waals surface area contributed by atoms with Gasteiger partial charge in [0, 0.05) is 18.9 Å². The number of carbonyl (C=O) groups excluding carboxylic acids is 1. The monoisotopic (exact) mass is 315 g/mol. The van der Waals surface area contributed by atoms with Gasteiger partial charge in [-0.15, -0.1) is 0 Å². The summed E-state index contributed by atoms with van der Waals surface area (Å²) in [6.07, 6.45) is 2.19. The Bertz CT molecular complexity index is 567. The van der Waals surface area contributed by atoms with Gasteiger partial charge in [-0.05, 0) is 32.8 Å². The standard InChI is InChI=1S/C13H21N3O4S/c1-10(8-16-12(17)20-13(2,3)4)9-21(18,19)11-14-6-5-7-15-11/h5-7,10H,8-9H2,1-4H3,(H,16,17). The largest absolute Gasteiger partial charge is 0.444 e. The molecule has 1 heterocycles. The molecule has 1 aromatic rings. The number of hydrogen-bond donors (Lipinski definition) is 1. The van der Waals surface area contributed by atoms with E-state index in [-0.39, 0.29) is 23.4 Å². The highest BCUT2D eigenvalue weighted by Gasteiger charge is 2.22. The molecule has 0 fully saturated rings. The van der Waals surface area contributed by atoms with Crippen LogP contribution in [0, 0.1) is 5.92 Å². The maximum atomic E-state index is 12.0. The minimum atomic E-state index is -3.56. The van der Waals surface area contributed by atoms with E-state index in [1.165, 1.54) is 12.4 Å². The normalized spacial score (nSPS) is 13.5. The Morgan fingerprint density at radius 2 is 1.90 bits per heavy atom. The number of sulfone groups is 1. The molecule has 0 saturated heterocycles. The molecule has 0 saturated carbocycles. The van der Waals surface area contributed by atoms with E-state index in [9.17, 15) is 13.2 Å². The molecule has 1 N–H and O–H groups in total. The van der Waals surface area contributed by atoms with Crippen LogP contribution in [0.5, 0.6) is 0 Å². The Kier molecular flexibility index (Phi) is 5.65. The third-order valence-electron chi connectivity index (χ3n) is 2.32. The molecule has 0 aliphatic heterocycles. The molecule has 0 bridgehead atoms. The lowest BCUT2D eigenvalue weighted by Gasteiger charge is -2.20. The molecule has 1 aromatic heterocycles. The molecule has 0 radical (unpaired) electrons. The first-order valence-corrected chi connectivity index (χ1v) is 8.22. The van der Waals surface area contributed by atoms with Gasteiger partial charge in [-0.3, -0.25) is 0 Å². The lowest BCUT2D eigenvalue weighted by molar-refractivity contribution is 0.0521. The second-order valence-electron chi connectivity index (χ2n) is 5.80. The molecule has 0 aromatic carbocycles. The van der Waals surface area contributed by atoms with E-state index in [2.05, 4.69) is 15.3 Å². The molecule has 1 rings (SSSR count). The van der Waals surface area contributed by atoms with E-state index in [1.807, 2.05) is 0 Å². The number of nitrogens with one attached hydrogen (secondary N) is 1. The third kappa shape index (κ3) is 6.52. The van der Waals surface area contributed by atoms with Gasteiger partial charge in [-0.25, -0.2) is 23.2 Å². The average molecular weight is 315 g/mol. The Hall–Kier alpha value is -1.70. The van der Waals surface area contributed by atoms with Gasteiger partial charge in [0.05, 0.1) is 5.75 Å². The summed E-state index contributed by atoms with van der Waals surface area (Å²) in [5.74, 6) is -0.432. The smallest absolute Gasteiger partial charge is 0.407 e. The van der Waals surface area contributed by atoms with Gasteiger partial charge in [0.1, 0.15) is 5.60 Å². The number of rotatable bonds is 5. The Labute approximate surface area is 125 Å². The van der Waals surface area contributed by atoms with Crippen LogP contribution in [0.15, 0.2) is 23.6 Å². The summed E-state index contributed by atoms with van der Waals surface area (Å²) in [6.45, 7) is 7.19. The van der Waals surface area contributed by atoms with Crippen molar-refractivity contribution in [3.05, 3.63) is 18.5 Å². The Balaban J connectivity index is 2.51. The molecule has 1 atom stereocenters. The molecule has 1 unspecified atom stereocenters. The van der Waals surface area contributed by atoms with Crippen LogP contribution in [0.2, 0.25) is 0 Å². The zero-order valence-electron chi connectivity index (χ0n) is 12.7. The van der Waals surface area contributed by atoms with Crippen LogP contribution < -0.4 is 5.32 Å². The van der Waals surface area contributed by atoms with E-state index >= 15 is 0 Å². The summed E-state index contributed by atoms with van der Waals surface area (Å²) >= 11 is 0. The van der Waals surface area contributed by atoms with Gasteiger partial charge in [0.15, 0.2) is 0 Å². The summed E-state index contributed by atoms with van der Waals surface area (Å²) in [5.41, 5.74) is -0.586. The maximum absolute atomic E-state index is 12.0. The molecule has 0 aliphatic rings. The molecular formula is C13H21N3O4S. The molecule has 0 spiro atoms. The fourth-order valence-corrected chi connectivity index (χ4v) is 2.98. The fraction of sp³-hybridized carbons (Fsp3) is 0.615. The first-order chi connectivity index (χ1) is 9.60. The van der Waals surface area contributed by atoms with Gasteiger partial charge in [0.2, 0.25) is 15.0 Å². The van der Waals surface area contributed by atoms with Crippen LogP contribution in [0.1, 0.15) is 27.7 Å². The van der Waals surface area contributed by atoms with Gasteiger partial charge in [0.25, 0.3) is 0 Å². The predicted octanol–water partition coefficient (Wildman–Crippen LogP) is 1.41. The number of nitrogens with zero attached hydrogens (tertiary/aromatic N) is 2. The van der Waals surface area contributed by atoms with Crippen molar-refractivity contribution in [3.8, 4) is 0 Å². The van der Waals surface area contributed by atoms with E-state index in [0.29, 0.717) is 0 Å². The Morgan fingerprint density at radius 3 is 2.43 bits per heavy atom. The molecule has 118 valence electrons. The number of carbonyl (C=O) groups is 1. The van der Waals surface area contributed by atoms with E-state index in [0.717, 1.165) is 0 Å². The quantitative estimate of drug-likeness (QED) is 0.825. The number of hydrogen-bond acceptors (Lipinski definition) is 6. The average Bonchev–Trinajstić information content (AvgIpc) is 2.35. The van der Waals surface area contributed by atoms with Gasteiger partial charge in [-0.2, -0.15) is 0 Å². The van der Waals surface area contributed by atoms with Crippen molar-refractivity contribution in [2.45, 2.75) is 38.5 Å². The van der Waals surface area contributed by atoms with Crippen molar-refractivity contribution in [3.63, 3.8) is 0 Å². The second kappa shape index (κ2) is 6.84. The molecule has 0 aliphatic carbocycles. The van der Waals surface area contributed by atoms with Crippen molar-refractivity contribution < 1.29 is 17.9 Å². The van der Waals surface area contributed by atoms with Crippen LogP contribution in [0.3, 0.4) is 0 Å². The highest BCUT2D eigenvalue weighted by molar-refractivity contribution is 7.91. The van der Waals surface area contributed by atoms with Crippen LogP contribution >= 0.6 is 0 Å². The van der Waals surface area contributed by atoms with Gasteiger partial charge >= 0.3 is 6.09 Å². The summed E-state index contributed by atoms with van der Waals surface area (Å²) in [5, 5.41) is 2.35. The van der Waals surface area contributed by atoms with Crippen molar-refractivity contribution in [1.82, 2.24) is 15.3 Å². The molecule has 8 heteroatoms. The first kappa shape index (κ1) is 17.4. The van der Waals surface area contributed by atoms with Crippen molar-refractivity contribution in [2.24, 2.45) is 5.92 Å². The topological polar surface area (TPSA) is 98.2 Å². The number of amides is 1. The predicted molar refractivity (Wildman–Crippen MR) is 77.5 cm³/mol. The van der Waals surface area contributed by atoms with Crippen molar-refractivity contribution in [1.29, 1.82) is 0 Å². The van der Waals surface area contributed by atoms with E-state index in [4.69, 9.17) is 4.74 Å². The zero-order valence-corrected chi connectivity index (χ0v) is 13.5. The molecule has 7 nitrogen and oxygen atoms in total. The number of ether oxygens (including phenoxy) is 1. The third-order valence-corrected chi connectivity index (χ3v) is 4.09. The zero-order chi connectivity index (χ0) is 16.1. The summed E-state index contributed by atoms with van der Waals surface area (Å²) in [4.78, 5) is 19.0.